The molecular weight excluding hydrogens is 420 g/mol. The number of nitrogens with zero attached hydrogens (tertiary/aromatic N) is 1. The van der Waals surface area contributed by atoms with Crippen molar-refractivity contribution in [2.24, 2.45) is 23.7 Å². The Labute approximate surface area is 192 Å². The number of ether oxygens (including phenoxy) is 1. The quantitative estimate of drug-likeness (QED) is 0.559. The second-order valence-electron chi connectivity index (χ2n) is 9.34. The largest absolute Gasteiger partial charge is 0.452 e. The molecule has 2 saturated carbocycles. The van der Waals surface area contributed by atoms with E-state index in [4.69, 9.17) is 4.74 Å². The standard InChI is InChI=1S/C26H26N2O5/c1-14-5-3-6-15(2)23(14)27-20(29)13-33-26(32)18-7-4-8-19(12-18)28-24(30)21-16-9-10-17(11-16)22(21)25(28)31/h3-8,12,16-17,21-22H,9-11,13H2,1-2H3,(H,27,29)/t16-,17-,21-,22-/m0/s1. The van der Waals surface area contributed by atoms with Crippen LogP contribution in [0.5, 0.6) is 0 Å². The van der Waals surface area contributed by atoms with E-state index in [0.717, 1.165) is 30.4 Å². The van der Waals surface area contributed by atoms with Crippen molar-refractivity contribution in [3.05, 3.63) is 59.2 Å². The number of fused-ring (bicyclic) bond motifs is 5. The fraction of sp³-hybridized carbons (Fsp3) is 0.385. The molecule has 3 aliphatic rings. The fourth-order valence-electron chi connectivity index (χ4n) is 5.84. The summed E-state index contributed by atoms with van der Waals surface area (Å²) in [7, 11) is 0. The summed E-state index contributed by atoms with van der Waals surface area (Å²) in [6.45, 7) is 3.34. The summed E-state index contributed by atoms with van der Waals surface area (Å²) in [6, 6.07) is 12.0. The second kappa shape index (κ2) is 8.14. The molecule has 2 aromatic rings. The highest BCUT2D eigenvalue weighted by Crippen LogP contribution is 2.56. The number of amides is 3. The number of aryl methyl sites for hydroxylation is 2. The first-order valence-corrected chi connectivity index (χ1v) is 11.4. The summed E-state index contributed by atoms with van der Waals surface area (Å²) in [4.78, 5) is 52.2. The van der Waals surface area contributed by atoms with Gasteiger partial charge in [-0.25, -0.2) is 4.79 Å². The van der Waals surface area contributed by atoms with Crippen LogP contribution >= 0.6 is 0 Å². The van der Waals surface area contributed by atoms with E-state index in [0.29, 0.717) is 23.2 Å². The van der Waals surface area contributed by atoms with Gasteiger partial charge >= 0.3 is 5.97 Å². The molecule has 0 unspecified atom stereocenters. The maximum Gasteiger partial charge on any atom is 0.338 e. The van der Waals surface area contributed by atoms with Crippen molar-refractivity contribution in [1.29, 1.82) is 0 Å². The molecule has 2 aromatic carbocycles. The van der Waals surface area contributed by atoms with E-state index in [1.165, 1.54) is 11.0 Å². The van der Waals surface area contributed by atoms with Crippen LogP contribution in [0.3, 0.4) is 0 Å². The number of para-hydroxylation sites is 1. The van der Waals surface area contributed by atoms with Crippen LogP contribution in [0.2, 0.25) is 0 Å². The average Bonchev–Trinajstić information content (AvgIpc) is 3.48. The molecule has 7 heteroatoms. The number of hydrogen-bond donors (Lipinski definition) is 1. The van der Waals surface area contributed by atoms with Gasteiger partial charge in [-0.1, -0.05) is 24.3 Å². The highest BCUT2D eigenvalue weighted by molar-refractivity contribution is 6.22. The Morgan fingerprint density at radius 3 is 2.21 bits per heavy atom. The minimum Gasteiger partial charge on any atom is -0.452 e. The minimum absolute atomic E-state index is 0.157. The molecule has 3 amide bonds. The number of rotatable bonds is 5. The monoisotopic (exact) mass is 446 g/mol. The van der Waals surface area contributed by atoms with Gasteiger partial charge in [0.15, 0.2) is 6.61 Å². The van der Waals surface area contributed by atoms with Crippen molar-refractivity contribution in [2.45, 2.75) is 33.1 Å². The number of carbonyl (C=O) groups is 4. The molecule has 170 valence electrons. The summed E-state index contributed by atoms with van der Waals surface area (Å²) >= 11 is 0. The smallest absolute Gasteiger partial charge is 0.338 e. The summed E-state index contributed by atoms with van der Waals surface area (Å²) in [6.07, 6.45) is 2.99. The Bertz CT molecular complexity index is 1120. The lowest BCUT2D eigenvalue weighted by Gasteiger charge is -2.19. The number of anilines is 2. The number of carbonyl (C=O) groups excluding carboxylic acids is 4. The molecule has 1 aliphatic heterocycles. The zero-order valence-corrected chi connectivity index (χ0v) is 18.7. The first-order chi connectivity index (χ1) is 15.8. The van der Waals surface area contributed by atoms with Gasteiger partial charge in [0, 0.05) is 5.69 Å². The van der Waals surface area contributed by atoms with E-state index in [2.05, 4.69) is 5.32 Å². The molecule has 1 heterocycles. The first kappa shape index (κ1) is 21.4. The Morgan fingerprint density at radius 2 is 1.58 bits per heavy atom. The zero-order valence-electron chi connectivity index (χ0n) is 18.7. The molecule has 5 rings (SSSR count). The molecule has 3 fully saturated rings. The number of imide groups is 1. The third kappa shape index (κ3) is 3.61. The van der Waals surface area contributed by atoms with E-state index < -0.39 is 18.5 Å². The van der Waals surface area contributed by atoms with E-state index in [-0.39, 0.29) is 29.2 Å². The molecule has 4 atom stereocenters. The van der Waals surface area contributed by atoms with Crippen LogP contribution in [0.15, 0.2) is 42.5 Å². The molecule has 0 spiro atoms. The Hall–Kier alpha value is -3.48. The van der Waals surface area contributed by atoms with Crippen LogP contribution in [0.4, 0.5) is 11.4 Å². The van der Waals surface area contributed by atoms with Crippen LogP contribution in [0.25, 0.3) is 0 Å². The molecule has 7 nitrogen and oxygen atoms in total. The van der Waals surface area contributed by atoms with E-state index in [1.807, 2.05) is 32.0 Å². The molecule has 1 saturated heterocycles. The average molecular weight is 447 g/mol. The lowest BCUT2D eigenvalue weighted by Crippen LogP contribution is -2.32. The van der Waals surface area contributed by atoms with E-state index >= 15 is 0 Å². The SMILES string of the molecule is Cc1cccc(C)c1NC(=O)COC(=O)c1cccc(N2C(=O)[C@H]3[C@H]4CC[C@@H](C4)[C@@H]3C2=O)c1. The van der Waals surface area contributed by atoms with Crippen LogP contribution in [-0.4, -0.2) is 30.3 Å². The summed E-state index contributed by atoms with van der Waals surface area (Å²) < 4.78 is 5.19. The third-order valence-electron chi connectivity index (χ3n) is 7.35. The van der Waals surface area contributed by atoms with E-state index in [9.17, 15) is 19.2 Å². The Morgan fingerprint density at radius 1 is 0.970 bits per heavy atom. The van der Waals surface area contributed by atoms with E-state index in [1.54, 1.807) is 18.2 Å². The maximum absolute atomic E-state index is 13.0. The topological polar surface area (TPSA) is 92.8 Å². The molecule has 1 N–H and O–H groups in total. The highest BCUT2D eigenvalue weighted by Gasteiger charge is 2.61. The number of nitrogens with one attached hydrogen (secondary N) is 1. The maximum atomic E-state index is 13.0. The van der Waals surface area contributed by atoms with Gasteiger partial charge in [-0.15, -0.1) is 0 Å². The van der Waals surface area contributed by atoms with Gasteiger partial charge in [-0.3, -0.25) is 19.3 Å². The second-order valence-corrected chi connectivity index (χ2v) is 9.34. The van der Waals surface area contributed by atoms with Gasteiger partial charge in [-0.05, 0) is 74.3 Å². The summed E-state index contributed by atoms with van der Waals surface area (Å²) in [5.74, 6) is -1.29. The summed E-state index contributed by atoms with van der Waals surface area (Å²) in [5, 5.41) is 2.78. The number of benzene rings is 2. The fourth-order valence-corrected chi connectivity index (χ4v) is 5.84. The lowest BCUT2D eigenvalue weighted by atomic mass is 9.81. The molecule has 2 aliphatic carbocycles. The summed E-state index contributed by atoms with van der Waals surface area (Å²) in [5.41, 5.74) is 3.11. The lowest BCUT2D eigenvalue weighted by molar-refractivity contribution is -0.123. The van der Waals surface area contributed by atoms with Crippen molar-refractivity contribution in [1.82, 2.24) is 0 Å². The molecule has 0 radical (unpaired) electrons. The Balaban J connectivity index is 1.26. The molecule has 0 aromatic heterocycles. The zero-order chi connectivity index (χ0) is 23.3. The Kier molecular flexibility index (Phi) is 5.27. The van der Waals surface area contributed by atoms with Crippen molar-refractivity contribution in [3.63, 3.8) is 0 Å². The van der Waals surface area contributed by atoms with Crippen LogP contribution in [0.1, 0.15) is 40.7 Å². The highest BCUT2D eigenvalue weighted by atomic mass is 16.5. The first-order valence-electron chi connectivity index (χ1n) is 11.4. The van der Waals surface area contributed by atoms with Gasteiger partial charge in [0.25, 0.3) is 5.91 Å². The molecule has 2 bridgehead atoms. The number of hydrogen-bond acceptors (Lipinski definition) is 5. The van der Waals surface area contributed by atoms with Gasteiger partial charge < -0.3 is 10.1 Å². The third-order valence-corrected chi connectivity index (χ3v) is 7.35. The van der Waals surface area contributed by atoms with Crippen molar-refractivity contribution >= 4 is 35.1 Å². The van der Waals surface area contributed by atoms with Gasteiger partial charge in [0.05, 0.1) is 23.1 Å². The van der Waals surface area contributed by atoms with Crippen molar-refractivity contribution in [2.75, 3.05) is 16.8 Å². The predicted octanol–water partition coefficient (Wildman–Crippen LogP) is 3.63. The normalized spacial score (nSPS) is 25.3. The van der Waals surface area contributed by atoms with Crippen LogP contribution < -0.4 is 10.2 Å². The van der Waals surface area contributed by atoms with Gasteiger partial charge in [0.2, 0.25) is 11.8 Å². The van der Waals surface area contributed by atoms with Crippen LogP contribution in [0, 0.1) is 37.5 Å². The minimum atomic E-state index is -0.687. The van der Waals surface area contributed by atoms with Crippen molar-refractivity contribution < 1.29 is 23.9 Å². The molecule has 33 heavy (non-hydrogen) atoms. The predicted molar refractivity (Wildman–Crippen MR) is 122 cm³/mol. The number of esters is 1. The van der Waals surface area contributed by atoms with Crippen molar-refractivity contribution in [3.8, 4) is 0 Å². The molecular formula is C26H26N2O5. The van der Waals surface area contributed by atoms with Gasteiger partial charge in [0.1, 0.15) is 0 Å². The van der Waals surface area contributed by atoms with Gasteiger partial charge in [-0.2, -0.15) is 0 Å². The van der Waals surface area contributed by atoms with Crippen LogP contribution in [-0.2, 0) is 19.1 Å².